The molecule has 0 saturated carbocycles. The predicted molar refractivity (Wildman–Crippen MR) is 69.7 cm³/mol. The minimum absolute atomic E-state index is 0.102. The monoisotopic (exact) mass is 251 g/mol. The van der Waals surface area contributed by atoms with Gasteiger partial charge in [0.1, 0.15) is 5.82 Å². The summed E-state index contributed by atoms with van der Waals surface area (Å²) in [5, 5.41) is 2.71. The van der Waals surface area contributed by atoms with Gasteiger partial charge in [-0.3, -0.25) is 9.69 Å². The highest BCUT2D eigenvalue weighted by molar-refractivity contribution is 5.95. The van der Waals surface area contributed by atoms with Crippen LogP contribution in [0.25, 0.3) is 0 Å². The van der Waals surface area contributed by atoms with E-state index in [2.05, 4.69) is 10.2 Å². The highest BCUT2D eigenvalue weighted by atomic mass is 19.1. The standard InChI is InChI=1S/C13H18FN3O/c14-10-4-5-12(11(15)8-10)16-13(18)9-17-6-2-1-3-7-17/h4-5,8H,1-3,6-7,9,15H2,(H,16,18). The second kappa shape index (κ2) is 5.82. The molecule has 0 spiro atoms. The van der Waals surface area contributed by atoms with Gasteiger partial charge in [-0.05, 0) is 44.1 Å². The van der Waals surface area contributed by atoms with E-state index >= 15 is 0 Å². The number of likely N-dealkylation sites (tertiary alicyclic amines) is 1. The molecule has 1 aromatic carbocycles. The molecule has 0 aromatic heterocycles. The quantitative estimate of drug-likeness (QED) is 0.806. The van der Waals surface area contributed by atoms with Crippen molar-refractivity contribution in [2.24, 2.45) is 0 Å². The lowest BCUT2D eigenvalue weighted by molar-refractivity contribution is -0.117. The Bertz CT molecular complexity index is 430. The van der Waals surface area contributed by atoms with Crippen LogP contribution in [0.5, 0.6) is 0 Å². The number of nitrogens with zero attached hydrogens (tertiary/aromatic N) is 1. The van der Waals surface area contributed by atoms with Gasteiger partial charge in [0.25, 0.3) is 0 Å². The molecule has 1 saturated heterocycles. The van der Waals surface area contributed by atoms with Gasteiger partial charge >= 0.3 is 0 Å². The first-order valence-electron chi connectivity index (χ1n) is 6.22. The lowest BCUT2D eigenvalue weighted by atomic mass is 10.1. The average molecular weight is 251 g/mol. The molecule has 3 N–H and O–H groups in total. The third-order valence-electron chi connectivity index (χ3n) is 3.10. The maximum Gasteiger partial charge on any atom is 0.238 e. The molecule has 1 heterocycles. The molecule has 5 heteroatoms. The third kappa shape index (κ3) is 3.43. The van der Waals surface area contributed by atoms with Gasteiger partial charge in [-0.15, -0.1) is 0 Å². The number of amides is 1. The van der Waals surface area contributed by atoms with Crippen LogP contribution in [0.15, 0.2) is 18.2 Å². The Morgan fingerprint density at radius 3 is 2.72 bits per heavy atom. The summed E-state index contributed by atoms with van der Waals surface area (Å²) in [7, 11) is 0. The molecule has 1 fully saturated rings. The number of nitrogens with two attached hydrogens (primary N) is 1. The molecule has 18 heavy (non-hydrogen) atoms. The van der Waals surface area contributed by atoms with Gasteiger partial charge in [0.2, 0.25) is 5.91 Å². The summed E-state index contributed by atoms with van der Waals surface area (Å²) >= 11 is 0. The number of hydrogen-bond acceptors (Lipinski definition) is 3. The number of anilines is 2. The van der Waals surface area contributed by atoms with E-state index in [1.165, 1.54) is 24.6 Å². The van der Waals surface area contributed by atoms with Gasteiger partial charge in [0, 0.05) is 0 Å². The largest absolute Gasteiger partial charge is 0.397 e. The molecule has 1 aromatic rings. The van der Waals surface area contributed by atoms with Crippen LogP contribution < -0.4 is 11.1 Å². The predicted octanol–water partition coefficient (Wildman–Crippen LogP) is 1.83. The Morgan fingerprint density at radius 1 is 1.33 bits per heavy atom. The van der Waals surface area contributed by atoms with Crippen molar-refractivity contribution in [1.29, 1.82) is 0 Å². The summed E-state index contributed by atoms with van der Waals surface area (Å²) in [6.07, 6.45) is 3.53. The average Bonchev–Trinajstić information content (AvgIpc) is 2.34. The first-order valence-corrected chi connectivity index (χ1v) is 6.22. The second-order valence-corrected chi connectivity index (χ2v) is 4.62. The van der Waals surface area contributed by atoms with E-state index in [0.717, 1.165) is 25.9 Å². The SMILES string of the molecule is Nc1cc(F)ccc1NC(=O)CN1CCCCC1. The molecule has 1 aliphatic heterocycles. The number of carbonyl (C=O) groups excluding carboxylic acids is 1. The number of hydrogen-bond donors (Lipinski definition) is 2. The molecule has 2 rings (SSSR count). The smallest absolute Gasteiger partial charge is 0.238 e. The second-order valence-electron chi connectivity index (χ2n) is 4.62. The van der Waals surface area contributed by atoms with E-state index in [-0.39, 0.29) is 11.6 Å². The van der Waals surface area contributed by atoms with Crippen molar-refractivity contribution in [2.75, 3.05) is 30.7 Å². The van der Waals surface area contributed by atoms with Crippen molar-refractivity contribution in [3.05, 3.63) is 24.0 Å². The normalized spacial score (nSPS) is 16.5. The van der Waals surface area contributed by atoms with E-state index < -0.39 is 5.82 Å². The zero-order valence-corrected chi connectivity index (χ0v) is 10.3. The molecule has 1 amide bonds. The van der Waals surface area contributed by atoms with Gasteiger partial charge in [-0.1, -0.05) is 6.42 Å². The molecule has 0 bridgehead atoms. The van der Waals surface area contributed by atoms with Gasteiger partial charge in [0.15, 0.2) is 0 Å². The molecule has 1 aliphatic rings. The van der Waals surface area contributed by atoms with E-state index in [1.54, 1.807) is 0 Å². The van der Waals surface area contributed by atoms with E-state index in [4.69, 9.17) is 5.73 Å². The molecule has 4 nitrogen and oxygen atoms in total. The summed E-state index contributed by atoms with van der Waals surface area (Å²) in [6.45, 7) is 2.30. The maximum absolute atomic E-state index is 12.9. The van der Waals surface area contributed by atoms with Crippen LogP contribution in [-0.4, -0.2) is 30.4 Å². The van der Waals surface area contributed by atoms with Crippen molar-refractivity contribution in [2.45, 2.75) is 19.3 Å². The molecule has 0 atom stereocenters. The summed E-state index contributed by atoms with van der Waals surface area (Å²) in [5.74, 6) is -0.503. The van der Waals surface area contributed by atoms with Crippen LogP contribution in [0.4, 0.5) is 15.8 Å². The van der Waals surface area contributed by atoms with Crippen LogP contribution >= 0.6 is 0 Å². The molecular weight excluding hydrogens is 233 g/mol. The minimum Gasteiger partial charge on any atom is -0.397 e. The number of piperidine rings is 1. The number of benzene rings is 1. The maximum atomic E-state index is 12.9. The van der Waals surface area contributed by atoms with Crippen molar-refractivity contribution in [1.82, 2.24) is 4.90 Å². The third-order valence-corrected chi connectivity index (χ3v) is 3.10. The Kier molecular flexibility index (Phi) is 4.15. The fourth-order valence-electron chi connectivity index (χ4n) is 2.16. The summed E-state index contributed by atoms with van der Waals surface area (Å²) in [4.78, 5) is 13.9. The number of halogens is 1. The van der Waals surface area contributed by atoms with Gasteiger partial charge < -0.3 is 11.1 Å². The number of carbonyl (C=O) groups is 1. The van der Waals surface area contributed by atoms with Crippen molar-refractivity contribution in [3.63, 3.8) is 0 Å². The molecular formula is C13H18FN3O. The van der Waals surface area contributed by atoms with Crippen LogP contribution in [0.2, 0.25) is 0 Å². The van der Waals surface area contributed by atoms with Crippen LogP contribution in [0, 0.1) is 5.82 Å². The highest BCUT2D eigenvalue weighted by Gasteiger charge is 2.14. The Morgan fingerprint density at radius 2 is 2.06 bits per heavy atom. The van der Waals surface area contributed by atoms with Crippen molar-refractivity contribution < 1.29 is 9.18 Å². The Hall–Kier alpha value is -1.62. The summed E-state index contributed by atoms with van der Waals surface area (Å²) < 4.78 is 12.9. The summed E-state index contributed by atoms with van der Waals surface area (Å²) in [6, 6.07) is 3.97. The zero-order valence-electron chi connectivity index (χ0n) is 10.3. The molecule has 0 aliphatic carbocycles. The van der Waals surface area contributed by atoms with E-state index in [1.807, 2.05) is 0 Å². The van der Waals surface area contributed by atoms with Crippen LogP contribution in [-0.2, 0) is 4.79 Å². The zero-order chi connectivity index (χ0) is 13.0. The van der Waals surface area contributed by atoms with Crippen LogP contribution in [0.1, 0.15) is 19.3 Å². The van der Waals surface area contributed by atoms with Crippen LogP contribution in [0.3, 0.4) is 0 Å². The Labute approximate surface area is 106 Å². The lowest BCUT2D eigenvalue weighted by Crippen LogP contribution is -2.36. The van der Waals surface area contributed by atoms with Gasteiger partial charge in [0.05, 0.1) is 17.9 Å². The molecule has 98 valence electrons. The topological polar surface area (TPSA) is 58.4 Å². The number of nitrogens with one attached hydrogen (secondary N) is 1. The molecule has 0 radical (unpaired) electrons. The van der Waals surface area contributed by atoms with E-state index in [9.17, 15) is 9.18 Å². The fraction of sp³-hybridized carbons (Fsp3) is 0.462. The van der Waals surface area contributed by atoms with Crippen molar-refractivity contribution in [3.8, 4) is 0 Å². The fourth-order valence-corrected chi connectivity index (χ4v) is 2.16. The lowest BCUT2D eigenvalue weighted by Gasteiger charge is -2.25. The summed E-state index contributed by atoms with van der Waals surface area (Å²) in [5.41, 5.74) is 6.36. The van der Waals surface area contributed by atoms with Crippen molar-refractivity contribution >= 4 is 17.3 Å². The van der Waals surface area contributed by atoms with E-state index in [0.29, 0.717) is 12.2 Å². The molecule has 0 unspecified atom stereocenters. The number of nitrogen functional groups attached to an aromatic ring is 1. The number of rotatable bonds is 3. The first-order chi connectivity index (χ1) is 8.65. The highest BCUT2D eigenvalue weighted by Crippen LogP contribution is 2.19. The van der Waals surface area contributed by atoms with Gasteiger partial charge in [-0.25, -0.2) is 4.39 Å². The first kappa shape index (κ1) is 12.8. The Balaban J connectivity index is 1.90. The van der Waals surface area contributed by atoms with Gasteiger partial charge in [-0.2, -0.15) is 0 Å². The minimum atomic E-state index is -0.401.